The molecule has 26 heavy (non-hydrogen) atoms. The van der Waals surface area contributed by atoms with E-state index in [1.165, 1.54) is 24.3 Å². The molecule has 8 nitrogen and oxygen atoms in total. The number of nitrogens with zero attached hydrogens (tertiary/aromatic N) is 1. The van der Waals surface area contributed by atoms with Crippen LogP contribution in [-0.4, -0.2) is 15.9 Å². The first-order valence-corrected chi connectivity index (χ1v) is 7.96. The van der Waals surface area contributed by atoms with Crippen LogP contribution in [0.25, 0.3) is 11.0 Å². The van der Waals surface area contributed by atoms with Gasteiger partial charge in [-0.15, -0.1) is 0 Å². The van der Waals surface area contributed by atoms with Crippen LogP contribution in [0.1, 0.15) is 16.1 Å². The summed E-state index contributed by atoms with van der Waals surface area (Å²) in [5.41, 5.74) is 6.90. The fourth-order valence-corrected chi connectivity index (χ4v) is 2.56. The lowest BCUT2D eigenvalue weighted by molar-refractivity contribution is -0.384. The molecule has 0 aliphatic heterocycles. The average Bonchev–Trinajstić information content (AvgIpc) is 2.97. The van der Waals surface area contributed by atoms with E-state index >= 15 is 0 Å². The number of thiocarbonyl (C=S) groups is 1. The number of nitro groups is 1. The van der Waals surface area contributed by atoms with Crippen molar-refractivity contribution in [3.05, 3.63) is 70.0 Å². The number of hydrogen-bond donors (Lipinski definition) is 3. The van der Waals surface area contributed by atoms with E-state index in [4.69, 9.17) is 16.6 Å². The second kappa shape index (κ2) is 7.19. The van der Waals surface area contributed by atoms with Crippen molar-refractivity contribution < 1.29 is 14.1 Å². The standard InChI is InChI=1S/C17H14N4O4S/c1-10-13-4-2-3-5-14(13)25-15(10)16(22)19-20-17(26)18-11-6-8-12(9-7-11)21(23)24/h2-9H,1H3,(H,19,22)(H2,18,20,26). The molecule has 0 bridgehead atoms. The SMILES string of the molecule is Cc1c(C(=O)NNC(=S)Nc2ccc([N+](=O)[O-])cc2)oc2ccccc12. The molecule has 2 aromatic carbocycles. The molecular weight excluding hydrogens is 356 g/mol. The van der Waals surface area contributed by atoms with E-state index < -0.39 is 10.8 Å². The number of amides is 1. The fourth-order valence-electron chi connectivity index (χ4n) is 2.39. The highest BCUT2D eigenvalue weighted by atomic mass is 32.1. The lowest BCUT2D eigenvalue weighted by Gasteiger charge is -2.11. The molecule has 0 aliphatic carbocycles. The van der Waals surface area contributed by atoms with Crippen molar-refractivity contribution in [2.75, 3.05) is 5.32 Å². The van der Waals surface area contributed by atoms with Gasteiger partial charge in [-0.2, -0.15) is 0 Å². The second-order valence-corrected chi connectivity index (χ2v) is 5.80. The number of aryl methyl sites for hydroxylation is 1. The Labute approximate surface area is 153 Å². The van der Waals surface area contributed by atoms with Gasteiger partial charge in [-0.25, -0.2) is 0 Å². The van der Waals surface area contributed by atoms with Crippen LogP contribution in [0.5, 0.6) is 0 Å². The molecule has 0 unspecified atom stereocenters. The number of carbonyl (C=O) groups excluding carboxylic acids is 1. The van der Waals surface area contributed by atoms with Gasteiger partial charge in [-0.05, 0) is 37.3 Å². The Balaban J connectivity index is 1.60. The number of rotatable bonds is 3. The number of para-hydroxylation sites is 1. The smallest absolute Gasteiger partial charge is 0.305 e. The van der Waals surface area contributed by atoms with Gasteiger partial charge in [0.15, 0.2) is 10.9 Å². The molecule has 0 fully saturated rings. The largest absolute Gasteiger partial charge is 0.451 e. The van der Waals surface area contributed by atoms with Gasteiger partial charge in [-0.3, -0.25) is 25.8 Å². The predicted molar refractivity (Wildman–Crippen MR) is 101 cm³/mol. The average molecular weight is 370 g/mol. The number of anilines is 1. The third-order valence-corrected chi connectivity index (χ3v) is 3.88. The summed E-state index contributed by atoms with van der Waals surface area (Å²) in [6, 6.07) is 13.1. The number of hydrogen-bond acceptors (Lipinski definition) is 5. The minimum Gasteiger partial charge on any atom is -0.451 e. The summed E-state index contributed by atoms with van der Waals surface area (Å²) in [6.07, 6.45) is 0. The summed E-state index contributed by atoms with van der Waals surface area (Å²) in [4.78, 5) is 22.4. The molecule has 1 amide bonds. The van der Waals surface area contributed by atoms with E-state index in [9.17, 15) is 14.9 Å². The van der Waals surface area contributed by atoms with E-state index in [1.807, 2.05) is 18.2 Å². The monoisotopic (exact) mass is 370 g/mol. The van der Waals surface area contributed by atoms with Gasteiger partial charge in [0.1, 0.15) is 5.58 Å². The molecule has 1 heterocycles. The van der Waals surface area contributed by atoms with Crippen LogP contribution in [-0.2, 0) is 0 Å². The van der Waals surface area contributed by atoms with Crippen LogP contribution >= 0.6 is 12.2 Å². The summed E-state index contributed by atoms with van der Waals surface area (Å²) >= 11 is 5.08. The van der Waals surface area contributed by atoms with Gasteiger partial charge in [0.05, 0.1) is 4.92 Å². The number of non-ortho nitro benzene ring substituents is 1. The van der Waals surface area contributed by atoms with Crippen molar-refractivity contribution in [3.8, 4) is 0 Å². The van der Waals surface area contributed by atoms with Gasteiger partial charge in [0.25, 0.3) is 5.69 Å². The van der Waals surface area contributed by atoms with Crippen LogP contribution < -0.4 is 16.2 Å². The Morgan fingerprint density at radius 3 is 2.46 bits per heavy atom. The van der Waals surface area contributed by atoms with Crippen LogP contribution in [0.15, 0.2) is 52.9 Å². The summed E-state index contributed by atoms with van der Waals surface area (Å²) in [6.45, 7) is 1.80. The fraction of sp³-hybridized carbons (Fsp3) is 0.0588. The number of furan rings is 1. The van der Waals surface area contributed by atoms with Crippen molar-refractivity contribution in [2.45, 2.75) is 6.92 Å². The summed E-state index contributed by atoms with van der Waals surface area (Å²) in [5, 5.41) is 14.4. The number of benzene rings is 2. The number of hydrazine groups is 1. The minimum absolute atomic E-state index is 0.0249. The highest BCUT2D eigenvalue weighted by Gasteiger charge is 2.17. The van der Waals surface area contributed by atoms with Crippen LogP contribution in [0.4, 0.5) is 11.4 Å². The van der Waals surface area contributed by atoms with E-state index in [-0.39, 0.29) is 16.6 Å². The van der Waals surface area contributed by atoms with Gasteiger partial charge in [0, 0.05) is 28.8 Å². The molecule has 0 saturated heterocycles. The molecule has 0 spiro atoms. The zero-order chi connectivity index (χ0) is 18.7. The molecule has 132 valence electrons. The highest BCUT2D eigenvalue weighted by Crippen LogP contribution is 2.24. The lowest BCUT2D eigenvalue weighted by atomic mass is 10.1. The molecule has 9 heteroatoms. The van der Waals surface area contributed by atoms with Gasteiger partial charge in [0.2, 0.25) is 0 Å². The first-order valence-electron chi connectivity index (χ1n) is 7.55. The van der Waals surface area contributed by atoms with Crippen molar-refractivity contribution >= 4 is 45.6 Å². The molecule has 0 saturated carbocycles. The van der Waals surface area contributed by atoms with E-state index in [0.29, 0.717) is 11.3 Å². The van der Waals surface area contributed by atoms with E-state index in [2.05, 4.69) is 16.2 Å². The molecule has 1 aromatic heterocycles. The molecule has 3 N–H and O–H groups in total. The Morgan fingerprint density at radius 2 is 1.81 bits per heavy atom. The minimum atomic E-state index is -0.490. The molecular formula is C17H14N4O4S. The van der Waals surface area contributed by atoms with Gasteiger partial charge < -0.3 is 9.73 Å². The molecule has 0 radical (unpaired) electrons. The van der Waals surface area contributed by atoms with E-state index in [0.717, 1.165) is 10.9 Å². The van der Waals surface area contributed by atoms with Crippen LogP contribution in [0.3, 0.4) is 0 Å². The Hall–Kier alpha value is -3.46. The summed E-state index contributed by atoms with van der Waals surface area (Å²) in [5.74, 6) is -0.275. The predicted octanol–water partition coefficient (Wildman–Crippen LogP) is 3.28. The van der Waals surface area contributed by atoms with Crippen molar-refractivity contribution in [1.82, 2.24) is 10.9 Å². The Bertz CT molecular complexity index is 998. The molecule has 3 aromatic rings. The topological polar surface area (TPSA) is 109 Å². The van der Waals surface area contributed by atoms with Gasteiger partial charge in [-0.1, -0.05) is 18.2 Å². The quantitative estimate of drug-likeness (QED) is 0.369. The zero-order valence-corrected chi connectivity index (χ0v) is 14.4. The van der Waals surface area contributed by atoms with Gasteiger partial charge >= 0.3 is 5.91 Å². The normalized spacial score (nSPS) is 10.3. The first-order chi connectivity index (χ1) is 12.5. The number of nitrogens with one attached hydrogen (secondary N) is 3. The third-order valence-electron chi connectivity index (χ3n) is 3.68. The highest BCUT2D eigenvalue weighted by molar-refractivity contribution is 7.80. The van der Waals surface area contributed by atoms with Crippen LogP contribution in [0, 0.1) is 17.0 Å². The Morgan fingerprint density at radius 1 is 1.12 bits per heavy atom. The lowest BCUT2D eigenvalue weighted by Crippen LogP contribution is -2.43. The number of nitro benzene ring substituents is 1. The second-order valence-electron chi connectivity index (χ2n) is 5.39. The molecule has 0 aliphatic rings. The van der Waals surface area contributed by atoms with Crippen molar-refractivity contribution in [2.24, 2.45) is 0 Å². The maximum atomic E-state index is 12.3. The molecule has 3 rings (SSSR count). The zero-order valence-electron chi connectivity index (χ0n) is 13.6. The van der Waals surface area contributed by atoms with Crippen molar-refractivity contribution in [1.29, 1.82) is 0 Å². The van der Waals surface area contributed by atoms with Crippen LogP contribution in [0.2, 0.25) is 0 Å². The number of fused-ring (bicyclic) bond motifs is 1. The third kappa shape index (κ3) is 3.62. The maximum Gasteiger partial charge on any atom is 0.305 e. The summed E-state index contributed by atoms with van der Waals surface area (Å²) < 4.78 is 5.57. The summed E-state index contributed by atoms with van der Waals surface area (Å²) in [7, 11) is 0. The van der Waals surface area contributed by atoms with Crippen molar-refractivity contribution in [3.63, 3.8) is 0 Å². The maximum absolute atomic E-state index is 12.3. The first kappa shape index (κ1) is 17.4. The molecule has 0 atom stereocenters. The Kier molecular flexibility index (Phi) is 4.81. The number of carbonyl (C=O) groups is 1. The van der Waals surface area contributed by atoms with E-state index in [1.54, 1.807) is 13.0 Å².